The zero-order valence-electron chi connectivity index (χ0n) is 11.5. The molecular formula is C14H30N2. The van der Waals surface area contributed by atoms with E-state index in [-0.39, 0.29) is 0 Å². The lowest BCUT2D eigenvalue weighted by Gasteiger charge is -2.24. The second-order valence-corrected chi connectivity index (χ2v) is 5.28. The molecular weight excluding hydrogens is 196 g/mol. The van der Waals surface area contributed by atoms with E-state index in [1.54, 1.807) is 0 Å². The normalized spacial score (nSPS) is 23.8. The molecule has 0 radical (unpaired) electrons. The second kappa shape index (κ2) is 8.08. The molecule has 1 saturated heterocycles. The standard InChI is InChI=1S/C14H30N2/c1-4-6-7-8-13(3)16-11-9-14(12-16)15-10-5-2/h13-15H,4-12H2,1-3H3. The highest BCUT2D eigenvalue weighted by atomic mass is 15.2. The van der Waals surface area contributed by atoms with Crippen molar-refractivity contribution in [2.24, 2.45) is 0 Å². The van der Waals surface area contributed by atoms with Crippen LogP contribution in [0.5, 0.6) is 0 Å². The highest BCUT2D eigenvalue weighted by Crippen LogP contribution is 2.16. The molecule has 2 atom stereocenters. The van der Waals surface area contributed by atoms with Crippen LogP contribution in [0.1, 0.15) is 59.3 Å². The van der Waals surface area contributed by atoms with Crippen LogP contribution in [0.4, 0.5) is 0 Å². The summed E-state index contributed by atoms with van der Waals surface area (Å²) in [6.07, 6.45) is 8.12. The summed E-state index contributed by atoms with van der Waals surface area (Å²) in [5.41, 5.74) is 0. The van der Waals surface area contributed by atoms with Crippen LogP contribution in [0.25, 0.3) is 0 Å². The van der Waals surface area contributed by atoms with Gasteiger partial charge in [0.25, 0.3) is 0 Å². The fraction of sp³-hybridized carbons (Fsp3) is 1.00. The van der Waals surface area contributed by atoms with Gasteiger partial charge < -0.3 is 5.32 Å². The predicted molar refractivity (Wildman–Crippen MR) is 71.9 cm³/mol. The second-order valence-electron chi connectivity index (χ2n) is 5.28. The van der Waals surface area contributed by atoms with E-state index in [2.05, 4.69) is 31.0 Å². The van der Waals surface area contributed by atoms with Crippen molar-refractivity contribution >= 4 is 0 Å². The third kappa shape index (κ3) is 4.84. The Balaban J connectivity index is 2.13. The van der Waals surface area contributed by atoms with E-state index in [1.807, 2.05) is 0 Å². The Morgan fingerprint density at radius 3 is 2.75 bits per heavy atom. The van der Waals surface area contributed by atoms with Crippen LogP contribution in [0.15, 0.2) is 0 Å². The zero-order chi connectivity index (χ0) is 11.8. The molecule has 1 rings (SSSR count). The monoisotopic (exact) mass is 226 g/mol. The molecule has 0 amide bonds. The molecule has 0 aromatic carbocycles. The van der Waals surface area contributed by atoms with E-state index in [9.17, 15) is 0 Å². The summed E-state index contributed by atoms with van der Waals surface area (Å²) in [5, 5.41) is 3.64. The summed E-state index contributed by atoms with van der Waals surface area (Å²) >= 11 is 0. The molecule has 1 heterocycles. The first kappa shape index (κ1) is 14.0. The summed E-state index contributed by atoms with van der Waals surface area (Å²) in [7, 11) is 0. The van der Waals surface area contributed by atoms with Crippen molar-refractivity contribution < 1.29 is 0 Å². The van der Waals surface area contributed by atoms with Crippen LogP contribution in [0, 0.1) is 0 Å². The van der Waals surface area contributed by atoms with Gasteiger partial charge in [-0.05, 0) is 32.7 Å². The van der Waals surface area contributed by atoms with E-state index in [4.69, 9.17) is 0 Å². The minimum Gasteiger partial charge on any atom is -0.313 e. The minimum atomic E-state index is 0.758. The van der Waals surface area contributed by atoms with Gasteiger partial charge in [-0.25, -0.2) is 0 Å². The Morgan fingerprint density at radius 1 is 1.25 bits per heavy atom. The number of likely N-dealkylation sites (tertiary alicyclic amines) is 1. The van der Waals surface area contributed by atoms with E-state index in [0.29, 0.717) is 0 Å². The van der Waals surface area contributed by atoms with Crippen LogP contribution in [-0.4, -0.2) is 36.6 Å². The van der Waals surface area contributed by atoms with Crippen LogP contribution < -0.4 is 5.32 Å². The summed E-state index contributed by atoms with van der Waals surface area (Å²) < 4.78 is 0. The Labute approximate surface area is 102 Å². The Bertz CT molecular complexity index is 170. The van der Waals surface area contributed by atoms with Gasteiger partial charge in [0, 0.05) is 25.2 Å². The van der Waals surface area contributed by atoms with E-state index in [1.165, 1.54) is 58.2 Å². The maximum absolute atomic E-state index is 3.64. The average molecular weight is 226 g/mol. The van der Waals surface area contributed by atoms with Gasteiger partial charge in [0.1, 0.15) is 0 Å². The van der Waals surface area contributed by atoms with E-state index in [0.717, 1.165) is 12.1 Å². The molecule has 0 bridgehead atoms. The first-order chi connectivity index (χ1) is 7.77. The SMILES string of the molecule is CCCCCC(C)N1CCC(NCCC)C1. The molecule has 2 nitrogen and oxygen atoms in total. The average Bonchev–Trinajstić information content (AvgIpc) is 2.75. The third-order valence-corrected chi connectivity index (χ3v) is 3.75. The van der Waals surface area contributed by atoms with Crippen LogP contribution in [-0.2, 0) is 0 Å². The van der Waals surface area contributed by atoms with Gasteiger partial charge in [-0.2, -0.15) is 0 Å². The Hall–Kier alpha value is -0.0800. The quantitative estimate of drug-likeness (QED) is 0.640. The molecule has 2 unspecified atom stereocenters. The number of nitrogens with one attached hydrogen (secondary N) is 1. The number of nitrogens with zero attached hydrogens (tertiary/aromatic N) is 1. The fourth-order valence-corrected chi connectivity index (χ4v) is 2.58. The van der Waals surface area contributed by atoms with Crippen molar-refractivity contribution in [1.29, 1.82) is 0 Å². The van der Waals surface area contributed by atoms with Crippen LogP contribution >= 0.6 is 0 Å². The van der Waals surface area contributed by atoms with Crippen molar-refractivity contribution in [3.05, 3.63) is 0 Å². The van der Waals surface area contributed by atoms with Crippen molar-refractivity contribution in [2.45, 2.75) is 71.4 Å². The van der Waals surface area contributed by atoms with Gasteiger partial charge in [-0.15, -0.1) is 0 Å². The molecule has 16 heavy (non-hydrogen) atoms. The Kier molecular flexibility index (Phi) is 7.06. The molecule has 0 spiro atoms. The van der Waals surface area contributed by atoms with Gasteiger partial charge >= 0.3 is 0 Å². The van der Waals surface area contributed by atoms with Gasteiger partial charge in [-0.1, -0.05) is 33.1 Å². The van der Waals surface area contributed by atoms with Gasteiger partial charge in [0.15, 0.2) is 0 Å². The molecule has 0 aliphatic carbocycles. The molecule has 96 valence electrons. The molecule has 0 aromatic rings. The third-order valence-electron chi connectivity index (χ3n) is 3.75. The molecule has 2 heteroatoms. The van der Waals surface area contributed by atoms with Crippen molar-refractivity contribution in [3.8, 4) is 0 Å². The van der Waals surface area contributed by atoms with Gasteiger partial charge in [-0.3, -0.25) is 4.90 Å². The minimum absolute atomic E-state index is 0.758. The zero-order valence-corrected chi connectivity index (χ0v) is 11.5. The number of hydrogen-bond donors (Lipinski definition) is 1. The maximum atomic E-state index is 3.64. The highest BCUT2D eigenvalue weighted by Gasteiger charge is 2.24. The maximum Gasteiger partial charge on any atom is 0.0207 e. The van der Waals surface area contributed by atoms with E-state index >= 15 is 0 Å². The first-order valence-electron chi connectivity index (χ1n) is 7.25. The number of hydrogen-bond acceptors (Lipinski definition) is 2. The summed E-state index contributed by atoms with van der Waals surface area (Å²) in [4.78, 5) is 2.67. The molecule has 1 fully saturated rings. The topological polar surface area (TPSA) is 15.3 Å². The van der Waals surface area contributed by atoms with Crippen molar-refractivity contribution in [2.75, 3.05) is 19.6 Å². The lowest BCUT2D eigenvalue weighted by atomic mass is 10.1. The van der Waals surface area contributed by atoms with E-state index < -0.39 is 0 Å². The lowest BCUT2D eigenvalue weighted by Crippen LogP contribution is -2.36. The molecule has 0 saturated carbocycles. The fourth-order valence-electron chi connectivity index (χ4n) is 2.58. The molecule has 1 aliphatic heterocycles. The molecule has 0 aromatic heterocycles. The smallest absolute Gasteiger partial charge is 0.0207 e. The molecule has 1 N–H and O–H groups in total. The summed E-state index contributed by atoms with van der Waals surface area (Å²) in [6.45, 7) is 10.7. The summed E-state index contributed by atoms with van der Waals surface area (Å²) in [5.74, 6) is 0. The van der Waals surface area contributed by atoms with Gasteiger partial charge in [0.2, 0.25) is 0 Å². The molecule has 1 aliphatic rings. The Morgan fingerprint density at radius 2 is 2.06 bits per heavy atom. The lowest BCUT2D eigenvalue weighted by molar-refractivity contribution is 0.236. The van der Waals surface area contributed by atoms with Crippen LogP contribution in [0.3, 0.4) is 0 Å². The number of rotatable bonds is 8. The van der Waals surface area contributed by atoms with Crippen LogP contribution in [0.2, 0.25) is 0 Å². The summed E-state index contributed by atoms with van der Waals surface area (Å²) in [6, 6.07) is 1.55. The largest absolute Gasteiger partial charge is 0.313 e. The highest BCUT2D eigenvalue weighted by molar-refractivity contribution is 4.83. The number of unbranched alkanes of at least 4 members (excludes halogenated alkanes) is 2. The van der Waals surface area contributed by atoms with Crippen molar-refractivity contribution in [1.82, 2.24) is 10.2 Å². The first-order valence-corrected chi connectivity index (χ1v) is 7.25. The predicted octanol–water partition coefficient (Wildman–Crippen LogP) is 3.03. The van der Waals surface area contributed by atoms with Gasteiger partial charge in [0.05, 0.1) is 0 Å². The van der Waals surface area contributed by atoms with Crippen molar-refractivity contribution in [3.63, 3.8) is 0 Å².